The fourth-order valence-electron chi connectivity index (χ4n) is 3.96. The van der Waals surface area contributed by atoms with Crippen LogP contribution in [0.2, 0.25) is 0 Å². The lowest BCUT2D eigenvalue weighted by Gasteiger charge is -2.17. The second-order valence-electron chi connectivity index (χ2n) is 9.44. The Hall–Kier alpha value is -3.70. The number of hydrogen-bond donors (Lipinski definition) is 3. The Bertz CT molecular complexity index is 1570. The number of anilines is 1. The molecule has 4 heterocycles. The highest BCUT2D eigenvalue weighted by atomic mass is 32.1. The summed E-state index contributed by atoms with van der Waals surface area (Å²) in [4.78, 5) is 40.4. The topological polar surface area (TPSA) is 114 Å². The number of imidazole rings is 1. The third-order valence-electron chi connectivity index (χ3n) is 6.08. The maximum absolute atomic E-state index is 13.0. The first-order chi connectivity index (χ1) is 17.3. The van der Waals surface area contributed by atoms with Gasteiger partial charge in [-0.2, -0.15) is 9.61 Å². The maximum Gasteiger partial charge on any atom is 0.323 e. The molecule has 5 rings (SSSR count). The molecule has 0 saturated heterocycles. The minimum absolute atomic E-state index is 0.0141. The number of fused-ring (bicyclic) bond motifs is 1. The summed E-state index contributed by atoms with van der Waals surface area (Å²) < 4.78 is 1.78. The monoisotopic (exact) mass is 506 g/mol. The number of hydrogen-bond acceptors (Lipinski definition) is 7. The van der Waals surface area contributed by atoms with Gasteiger partial charge in [-0.05, 0) is 58.1 Å². The van der Waals surface area contributed by atoms with E-state index in [1.165, 1.54) is 11.3 Å². The second kappa shape index (κ2) is 9.75. The molecule has 0 radical (unpaired) electrons. The van der Waals surface area contributed by atoms with Crippen molar-refractivity contribution in [2.45, 2.75) is 25.3 Å². The number of carbonyl (C=O) groups excluding carboxylic acids is 1. The highest BCUT2D eigenvalue weighted by Gasteiger charge is 2.24. The molecule has 0 aromatic carbocycles. The van der Waals surface area contributed by atoms with Crippen molar-refractivity contribution in [2.24, 2.45) is 0 Å². The van der Waals surface area contributed by atoms with Gasteiger partial charge in [-0.15, -0.1) is 11.3 Å². The first-order valence-corrected chi connectivity index (χ1v) is 12.7. The number of H-pyrrole nitrogens is 2. The Morgan fingerprint density at radius 2 is 2.08 bits per heavy atom. The summed E-state index contributed by atoms with van der Waals surface area (Å²) in [5.41, 5.74) is 1.86. The summed E-state index contributed by atoms with van der Waals surface area (Å²) in [6.07, 6.45) is 6.69. The molecule has 0 unspecified atom stereocenters. The van der Waals surface area contributed by atoms with Crippen LogP contribution < -0.4 is 21.7 Å². The van der Waals surface area contributed by atoms with Gasteiger partial charge in [0.1, 0.15) is 5.82 Å². The van der Waals surface area contributed by atoms with Crippen LogP contribution in [0, 0.1) is 0 Å². The van der Waals surface area contributed by atoms with Crippen LogP contribution in [0.4, 0.5) is 5.82 Å². The molecule has 188 valence electrons. The number of aromatic amines is 2. The van der Waals surface area contributed by atoms with Crippen LogP contribution >= 0.6 is 11.3 Å². The first kappa shape index (κ1) is 24.0. The third kappa shape index (κ3) is 5.12. The zero-order chi connectivity index (χ0) is 25.4. The fourth-order valence-corrected chi connectivity index (χ4v) is 4.93. The molecule has 1 saturated carbocycles. The van der Waals surface area contributed by atoms with E-state index in [1.807, 2.05) is 45.4 Å². The Balaban J connectivity index is 1.49. The molecule has 4 aromatic rings. The van der Waals surface area contributed by atoms with E-state index in [-0.39, 0.29) is 11.6 Å². The van der Waals surface area contributed by atoms with Crippen LogP contribution in [0.3, 0.4) is 0 Å². The Morgan fingerprint density at radius 3 is 2.78 bits per heavy atom. The molecule has 36 heavy (non-hydrogen) atoms. The lowest BCUT2D eigenvalue weighted by Crippen LogP contribution is -2.29. The molecule has 0 bridgehead atoms. The Labute approximate surface area is 212 Å². The van der Waals surface area contributed by atoms with Crippen LogP contribution in [0.1, 0.15) is 34.5 Å². The molecule has 4 aromatic heterocycles. The molecule has 1 aliphatic carbocycles. The number of amides is 1. The van der Waals surface area contributed by atoms with E-state index in [1.54, 1.807) is 15.6 Å². The standard InChI is InChI=1S/C25H30N8O2S/c1-15-18(30-25(35)27-15)12-16-14-26-33-22(28-17-6-7-17)13-19(29-23(16)33)20-8-9-21(36-20)24(34)32(4)11-5-10-31(2)3/h8-9,12-14,17,28H,1,5-7,10-11H2,2-4H3,(H2,27,30,35)/b18-12-. The summed E-state index contributed by atoms with van der Waals surface area (Å²) in [7, 11) is 5.90. The summed E-state index contributed by atoms with van der Waals surface area (Å²) >= 11 is 1.44. The van der Waals surface area contributed by atoms with E-state index in [0.29, 0.717) is 33.8 Å². The molecular formula is C25H30N8O2S. The van der Waals surface area contributed by atoms with Gasteiger partial charge in [-0.25, -0.2) is 9.78 Å². The molecule has 11 heteroatoms. The first-order valence-electron chi connectivity index (χ1n) is 11.9. The predicted molar refractivity (Wildman–Crippen MR) is 143 cm³/mol. The predicted octanol–water partition coefficient (Wildman–Crippen LogP) is 1.31. The number of carbonyl (C=O) groups is 1. The smallest absolute Gasteiger partial charge is 0.323 e. The maximum atomic E-state index is 13.0. The number of rotatable bonds is 9. The summed E-state index contributed by atoms with van der Waals surface area (Å²) in [5.74, 6) is 0.858. The van der Waals surface area contributed by atoms with Crippen molar-refractivity contribution in [1.29, 1.82) is 0 Å². The fraction of sp³-hybridized carbons (Fsp3) is 0.360. The SMILES string of the molecule is C=c1[nH]c(=O)[nH]/c1=C\c1cnn2c(NC3CC3)cc(-c3ccc(C(=O)N(C)CCCN(C)C)s3)nc12. The van der Waals surface area contributed by atoms with Crippen LogP contribution in [-0.4, -0.2) is 80.5 Å². The molecule has 1 fully saturated rings. The van der Waals surface area contributed by atoms with Gasteiger partial charge in [-0.1, -0.05) is 6.58 Å². The second-order valence-corrected chi connectivity index (χ2v) is 10.5. The van der Waals surface area contributed by atoms with Gasteiger partial charge in [0.2, 0.25) is 0 Å². The number of thiophene rings is 1. The van der Waals surface area contributed by atoms with Gasteiger partial charge in [0.25, 0.3) is 5.91 Å². The number of nitrogens with zero attached hydrogens (tertiary/aromatic N) is 5. The number of aromatic nitrogens is 5. The Morgan fingerprint density at radius 1 is 1.28 bits per heavy atom. The molecule has 3 N–H and O–H groups in total. The molecule has 10 nitrogen and oxygen atoms in total. The molecule has 1 amide bonds. The van der Waals surface area contributed by atoms with Crippen molar-refractivity contribution < 1.29 is 4.79 Å². The van der Waals surface area contributed by atoms with Gasteiger partial charge in [0.15, 0.2) is 5.65 Å². The molecule has 0 atom stereocenters. The largest absolute Gasteiger partial charge is 0.367 e. The average Bonchev–Trinajstić information content (AvgIpc) is 3.22. The van der Waals surface area contributed by atoms with Crippen molar-refractivity contribution in [3.63, 3.8) is 0 Å². The average molecular weight is 507 g/mol. The highest BCUT2D eigenvalue weighted by Crippen LogP contribution is 2.32. The van der Waals surface area contributed by atoms with Gasteiger partial charge in [-0.3, -0.25) is 4.79 Å². The van der Waals surface area contributed by atoms with Crippen molar-refractivity contribution in [3.05, 3.63) is 56.0 Å². The minimum atomic E-state index is -0.310. The summed E-state index contributed by atoms with van der Waals surface area (Å²) in [5, 5.41) is 9.16. The summed E-state index contributed by atoms with van der Waals surface area (Å²) in [6.45, 7) is 5.52. The minimum Gasteiger partial charge on any atom is -0.367 e. The van der Waals surface area contributed by atoms with E-state index in [2.05, 4.69) is 31.9 Å². The zero-order valence-electron chi connectivity index (χ0n) is 20.7. The van der Waals surface area contributed by atoms with Gasteiger partial charge >= 0.3 is 5.69 Å². The zero-order valence-corrected chi connectivity index (χ0v) is 21.5. The van der Waals surface area contributed by atoms with Crippen LogP contribution in [-0.2, 0) is 0 Å². The third-order valence-corrected chi connectivity index (χ3v) is 7.18. The van der Waals surface area contributed by atoms with E-state index in [4.69, 9.17) is 4.98 Å². The quantitative estimate of drug-likeness (QED) is 0.315. The van der Waals surface area contributed by atoms with Gasteiger partial charge in [0, 0.05) is 31.3 Å². The van der Waals surface area contributed by atoms with Crippen molar-refractivity contribution in [3.8, 4) is 10.6 Å². The van der Waals surface area contributed by atoms with Gasteiger partial charge < -0.3 is 25.1 Å². The molecule has 0 aliphatic heterocycles. The van der Waals surface area contributed by atoms with Crippen molar-refractivity contribution in [1.82, 2.24) is 34.4 Å². The lowest BCUT2D eigenvalue weighted by molar-refractivity contribution is 0.0795. The van der Waals surface area contributed by atoms with E-state index in [9.17, 15) is 9.59 Å². The Kier molecular flexibility index (Phi) is 6.50. The highest BCUT2D eigenvalue weighted by molar-refractivity contribution is 7.17. The number of nitrogens with one attached hydrogen (secondary N) is 3. The van der Waals surface area contributed by atoms with E-state index < -0.39 is 0 Å². The molecular weight excluding hydrogens is 476 g/mol. The normalized spacial score (nSPS) is 14.2. The van der Waals surface area contributed by atoms with Crippen LogP contribution in [0.15, 0.2) is 29.2 Å². The van der Waals surface area contributed by atoms with Gasteiger partial charge in [0.05, 0.1) is 32.3 Å². The van der Waals surface area contributed by atoms with Crippen LogP contribution in [0.5, 0.6) is 0 Å². The van der Waals surface area contributed by atoms with E-state index >= 15 is 0 Å². The van der Waals surface area contributed by atoms with E-state index in [0.717, 1.165) is 47.8 Å². The van der Waals surface area contributed by atoms with Crippen molar-refractivity contribution >= 4 is 41.4 Å². The lowest BCUT2D eigenvalue weighted by atomic mass is 10.2. The molecule has 1 aliphatic rings. The molecule has 0 spiro atoms. The van der Waals surface area contributed by atoms with Crippen molar-refractivity contribution in [2.75, 3.05) is 39.5 Å². The summed E-state index contributed by atoms with van der Waals surface area (Å²) in [6, 6.07) is 6.22. The van der Waals surface area contributed by atoms with Crippen LogP contribution in [0.25, 0.3) is 28.9 Å².